The summed E-state index contributed by atoms with van der Waals surface area (Å²) in [5.41, 5.74) is 2.74. The molecule has 0 saturated carbocycles. The minimum absolute atomic E-state index is 0.216. The Morgan fingerprint density at radius 3 is 1.67 bits per heavy atom. The van der Waals surface area contributed by atoms with Crippen molar-refractivity contribution in [3.63, 3.8) is 0 Å². The third-order valence-corrected chi connectivity index (χ3v) is 10.8. The van der Waals surface area contributed by atoms with Crippen LogP contribution in [0.4, 0.5) is 0 Å². The Bertz CT molecular complexity index is 1640. The van der Waals surface area contributed by atoms with Gasteiger partial charge in [-0.15, -0.1) is 6.58 Å². The van der Waals surface area contributed by atoms with E-state index < -0.39 is 15.3 Å². The summed E-state index contributed by atoms with van der Waals surface area (Å²) in [5.74, 6) is 2.79. The number of benzene rings is 4. The van der Waals surface area contributed by atoms with Crippen molar-refractivity contribution in [2.24, 2.45) is 5.92 Å². The van der Waals surface area contributed by atoms with Gasteiger partial charge in [0.05, 0.1) is 9.79 Å². The summed E-state index contributed by atoms with van der Waals surface area (Å²) in [7, 11) is -3.62. The SMILES string of the molecule is C=CC(C)(c1ccc(Oc2ccc(S(=O)(=O)c3ccc(CCCC(C)CC)cc3)cc2)cc1)c1ccc(OC(C)(C)CC)cc1. The van der Waals surface area contributed by atoms with E-state index in [0.717, 1.165) is 42.1 Å². The molecule has 0 aliphatic rings. The second-order valence-electron chi connectivity index (χ2n) is 12.8. The van der Waals surface area contributed by atoms with E-state index in [1.807, 2.05) is 54.6 Å². The summed E-state index contributed by atoms with van der Waals surface area (Å²) in [4.78, 5) is 0.542. The van der Waals surface area contributed by atoms with Gasteiger partial charge in [-0.05, 0) is 123 Å². The number of hydrogen-bond acceptors (Lipinski definition) is 4. The van der Waals surface area contributed by atoms with Gasteiger partial charge in [0.2, 0.25) is 9.84 Å². The molecule has 4 rings (SSSR count). The van der Waals surface area contributed by atoms with Crippen LogP contribution in [-0.2, 0) is 21.7 Å². The highest BCUT2D eigenvalue weighted by atomic mass is 32.2. The molecule has 4 aromatic rings. The first kappa shape index (κ1) is 34.1. The molecule has 0 aromatic heterocycles. The predicted molar refractivity (Wildman–Crippen MR) is 185 cm³/mol. The first-order valence-corrected chi connectivity index (χ1v) is 17.5. The highest BCUT2D eigenvalue weighted by Gasteiger charge is 2.26. The molecule has 4 aromatic carbocycles. The zero-order chi connectivity index (χ0) is 32.7. The van der Waals surface area contributed by atoms with Gasteiger partial charge in [0.25, 0.3) is 0 Å². The van der Waals surface area contributed by atoms with E-state index >= 15 is 0 Å². The van der Waals surface area contributed by atoms with Gasteiger partial charge in [-0.2, -0.15) is 0 Å². The zero-order valence-electron chi connectivity index (χ0n) is 27.7. The van der Waals surface area contributed by atoms with Crippen LogP contribution in [0.1, 0.15) is 83.9 Å². The Kier molecular flexibility index (Phi) is 11.0. The van der Waals surface area contributed by atoms with Gasteiger partial charge in [-0.1, -0.05) is 76.1 Å². The van der Waals surface area contributed by atoms with E-state index in [4.69, 9.17) is 9.47 Å². The lowest BCUT2D eigenvalue weighted by atomic mass is 9.76. The third-order valence-electron chi connectivity index (χ3n) is 9.02. The van der Waals surface area contributed by atoms with Crippen molar-refractivity contribution >= 4 is 9.84 Å². The van der Waals surface area contributed by atoms with E-state index in [-0.39, 0.29) is 10.5 Å². The van der Waals surface area contributed by atoms with Crippen LogP contribution in [0.3, 0.4) is 0 Å². The van der Waals surface area contributed by atoms with Crippen LogP contribution < -0.4 is 9.47 Å². The van der Waals surface area contributed by atoms with E-state index in [1.165, 1.54) is 18.4 Å². The minimum atomic E-state index is -3.62. The lowest BCUT2D eigenvalue weighted by Crippen LogP contribution is -2.27. The molecule has 4 nitrogen and oxygen atoms in total. The summed E-state index contributed by atoms with van der Waals surface area (Å²) in [6.07, 6.45) is 7.32. The van der Waals surface area contributed by atoms with Crippen LogP contribution in [0, 0.1) is 5.92 Å². The van der Waals surface area contributed by atoms with Gasteiger partial charge in [0.1, 0.15) is 22.8 Å². The van der Waals surface area contributed by atoms with Crippen molar-refractivity contribution in [2.75, 3.05) is 0 Å². The van der Waals surface area contributed by atoms with Gasteiger partial charge in [0.15, 0.2) is 0 Å². The highest BCUT2D eigenvalue weighted by Crippen LogP contribution is 2.36. The molecule has 0 aliphatic carbocycles. The van der Waals surface area contributed by atoms with Crippen molar-refractivity contribution in [1.82, 2.24) is 0 Å². The molecule has 45 heavy (non-hydrogen) atoms. The van der Waals surface area contributed by atoms with Gasteiger partial charge >= 0.3 is 0 Å². The van der Waals surface area contributed by atoms with Crippen LogP contribution in [-0.4, -0.2) is 14.0 Å². The average molecular weight is 625 g/mol. The van der Waals surface area contributed by atoms with Crippen LogP contribution in [0.25, 0.3) is 0 Å². The molecule has 0 spiro atoms. The highest BCUT2D eigenvalue weighted by molar-refractivity contribution is 7.91. The second kappa shape index (κ2) is 14.5. The minimum Gasteiger partial charge on any atom is -0.488 e. The van der Waals surface area contributed by atoms with E-state index in [0.29, 0.717) is 16.4 Å². The molecule has 238 valence electrons. The molecule has 0 radical (unpaired) electrons. The molecule has 5 heteroatoms. The van der Waals surface area contributed by atoms with E-state index in [9.17, 15) is 8.42 Å². The van der Waals surface area contributed by atoms with Crippen LogP contribution in [0.15, 0.2) is 120 Å². The number of sulfone groups is 1. The van der Waals surface area contributed by atoms with Crippen LogP contribution in [0.2, 0.25) is 0 Å². The number of allylic oxidation sites excluding steroid dienone is 1. The Morgan fingerprint density at radius 1 is 0.733 bits per heavy atom. The number of aryl methyl sites for hydroxylation is 1. The second-order valence-corrected chi connectivity index (χ2v) is 14.7. The molecular formula is C40H48O4S. The lowest BCUT2D eigenvalue weighted by molar-refractivity contribution is 0.105. The average Bonchev–Trinajstić information content (AvgIpc) is 3.05. The van der Waals surface area contributed by atoms with Crippen molar-refractivity contribution < 1.29 is 17.9 Å². The van der Waals surface area contributed by atoms with Crippen molar-refractivity contribution in [2.45, 2.75) is 94.5 Å². The fraction of sp³-hybridized carbons (Fsp3) is 0.350. The maximum Gasteiger partial charge on any atom is 0.206 e. The number of ether oxygens (including phenoxy) is 2. The van der Waals surface area contributed by atoms with Gasteiger partial charge in [0, 0.05) is 5.41 Å². The lowest BCUT2D eigenvalue weighted by Gasteiger charge is -2.29. The monoisotopic (exact) mass is 624 g/mol. The van der Waals surface area contributed by atoms with Crippen molar-refractivity contribution in [1.29, 1.82) is 0 Å². The Hall–Kier alpha value is -3.83. The zero-order valence-corrected chi connectivity index (χ0v) is 28.5. The topological polar surface area (TPSA) is 52.6 Å². The quantitative estimate of drug-likeness (QED) is 0.124. The summed E-state index contributed by atoms with van der Waals surface area (Å²) < 4.78 is 38.7. The maximum absolute atomic E-state index is 13.3. The standard InChI is InChI=1S/C40H48O4S/c1-8-30(4)12-11-13-31-14-26-37(27-15-31)45(41,42)38-28-24-35(25-29-38)43-34-20-16-32(17-21-34)40(7,10-3)33-18-22-36(23-19-33)44-39(5,6)9-2/h10,14-30H,3,8-9,11-13H2,1-2,4-7H3. The molecule has 0 heterocycles. The number of rotatable bonds is 15. The van der Waals surface area contributed by atoms with Crippen molar-refractivity contribution in [3.05, 3.63) is 126 Å². The van der Waals surface area contributed by atoms with Crippen LogP contribution >= 0.6 is 0 Å². The Balaban J connectivity index is 1.41. The maximum atomic E-state index is 13.3. The van der Waals surface area contributed by atoms with Crippen LogP contribution in [0.5, 0.6) is 17.2 Å². The van der Waals surface area contributed by atoms with E-state index in [1.54, 1.807) is 36.4 Å². The first-order valence-electron chi connectivity index (χ1n) is 16.1. The van der Waals surface area contributed by atoms with Gasteiger partial charge in [-0.25, -0.2) is 8.42 Å². The molecule has 0 saturated heterocycles. The Morgan fingerprint density at radius 2 is 1.20 bits per heavy atom. The van der Waals surface area contributed by atoms with E-state index in [2.05, 4.69) is 60.3 Å². The Labute approximate surface area is 271 Å². The molecular weight excluding hydrogens is 577 g/mol. The molecule has 0 N–H and O–H groups in total. The summed E-state index contributed by atoms with van der Waals surface area (Å²) in [5, 5.41) is 0. The molecule has 0 aliphatic heterocycles. The molecule has 2 unspecified atom stereocenters. The fourth-order valence-corrected chi connectivity index (χ4v) is 6.45. The summed E-state index contributed by atoms with van der Waals surface area (Å²) in [6.45, 7) is 17.1. The fourth-order valence-electron chi connectivity index (χ4n) is 5.19. The van der Waals surface area contributed by atoms with Crippen molar-refractivity contribution in [3.8, 4) is 17.2 Å². The first-order chi connectivity index (χ1) is 21.4. The third kappa shape index (κ3) is 8.46. The molecule has 2 atom stereocenters. The predicted octanol–water partition coefficient (Wildman–Crippen LogP) is 10.7. The molecule has 0 amide bonds. The van der Waals surface area contributed by atoms with Gasteiger partial charge in [-0.3, -0.25) is 0 Å². The summed E-state index contributed by atoms with van der Waals surface area (Å²) in [6, 6.07) is 30.0. The molecule has 0 fully saturated rings. The summed E-state index contributed by atoms with van der Waals surface area (Å²) >= 11 is 0. The van der Waals surface area contributed by atoms with Gasteiger partial charge < -0.3 is 9.47 Å². The molecule has 0 bridgehead atoms. The number of hydrogen-bond donors (Lipinski definition) is 0. The smallest absolute Gasteiger partial charge is 0.206 e. The largest absolute Gasteiger partial charge is 0.488 e. The normalized spacial score (nSPS) is 13.9.